The molecule has 1 aliphatic rings. The van der Waals surface area contributed by atoms with E-state index in [4.69, 9.17) is 0 Å². The zero-order chi connectivity index (χ0) is 13.0. The summed E-state index contributed by atoms with van der Waals surface area (Å²) < 4.78 is 0. The lowest BCUT2D eigenvalue weighted by Gasteiger charge is -2.17. The standard InChI is InChI=1S/C12H18N4O2/c1-9-11(16(17)18)5-6-12(14-9)15-10-4-2-3-7-13-8-10/h5-6,10,13H,2-4,7-8H2,1H3,(H,14,15). The summed E-state index contributed by atoms with van der Waals surface area (Å²) in [6.45, 7) is 3.64. The number of nitrogens with one attached hydrogen (secondary N) is 2. The first-order chi connectivity index (χ1) is 8.66. The smallest absolute Gasteiger partial charge is 0.290 e. The van der Waals surface area contributed by atoms with Crippen LogP contribution in [0.1, 0.15) is 25.0 Å². The quantitative estimate of drug-likeness (QED) is 0.632. The van der Waals surface area contributed by atoms with E-state index in [9.17, 15) is 10.1 Å². The van der Waals surface area contributed by atoms with Gasteiger partial charge in [-0.05, 0) is 32.4 Å². The van der Waals surface area contributed by atoms with Gasteiger partial charge in [0.05, 0.1) is 4.92 Å². The molecule has 1 aromatic heterocycles. The van der Waals surface area contributed by atoms with Crippen LogP contribution in [0, 0.1) is 17.0 Å². The molecule has 0 saturated carbocycles. The average molecular weight is 250 g/mol. The van der Waals surface area contributed by atoms with E-state index in [0.717, 1.165) is 19.5 Å². The Bertz CT molecular complexity index is 428. The average Bonchev–Trinajstić information content (AvgIpc) is 2.57. The number of rotatable bonds is 3. The third kappa shape index (κ3) is 3.16. The van der Waals surface area contributed by atoms with Gasteiger partial charge in [-0.3, -0.25) is 10.1 Å². The summed E-state index contributed by atoms with van der Waals surface area (Å²) in [7, 11) is 0. The van der Waals surface area contributed by atoms with Gasteiger partial charge in [-0.25, -0.2) is 4.98 Å². The van der Waals surface area contributed by atoms with Gasteiger partial charge in [-0.15, -0.1) is 0 Å². The Morgan fingerprint density at radius 2 is 2.33 bits per heavy atom. The maximum Gasteiger partial charge on any atom is 0.290 e. The second kappa shape index (κ2) is 5.77. The number of nitrogens with zero attached hydrogens (tertiary/aromatic N) is 2. The molecule has 1 saturated heterocycles. The number of pyridine rings is 1. The molecular formula is C12H18N4O2. The molecule has 1 atom stereocenters. The molecule has 0 aromatic carbocycles. The van der Waals surface area contributed by atoms with Crippen LogP contribution in [0.5, 0.6) is 0 Å². The minimum Gasteiger partial charge on any atom is -0.366 e. The van der Waals surface area contributed by atoms with Crippen molar-refractivity contribution in [1.29, 1.82) is 0 Å². The van der Waals surface area contributed by atoms with Crippen molar-refractivity contribution in [2.45, 2.75) is 32.2 Å². The molecule has 0 aliphatic carbocycles. The highest BCUT2D eigenvalue weighted by Gasteiger charge is 2.15. The first-order valence-electron chi connectivity index (χ1n) is 6.26. The first kappa shape index (κ1) is 12.8. The summed E-state index contributed by atoms with van der Waals surface area (Å²) in [4.78, 5) is 14.5. The van der Waals surface area contributed by atoms with Crippen molar-refractivity contribution in [2.75, 3.05) is 18.4 Å². The fraction of sp³-hybridized carbons (Fsp3) is 0.583. The highest BCUT2D eigenvalue weighted by Crippen LogP contribution is 2.19. The lowest BCUT2D eigenvalue weighted by molar-refractivity contribution is -0.385. The van der Waals surface area contributed by atoms with Gasteiger partial charge in [-0.1, -0.05) is 6.42 Å². The molecule has 1 fully saturated rings. The number of anilines is 1. The minimum atomic E-state index is -0.403. The van der Waals surface area contributed by atoms with Crippen LogP contribution in [0.25, 0.3) is 0 Å². The maximum atomic E-state index is 10.7. The van der Waals surface area contributed by atoms with Crippen molar-refractivity contribution in [3.8, 4) is 0 Å². The molecule has 6 nitrogen and oxygen atoms in total. The van der Waals surface area contributed by atoms with E-state index >= 15 is 0 Å². The Kier molecular flexibility index (Phi) is 4.09. The third-order valence-electron chi connectivity index (χ3n) is 3.15. The molecule has 98 valence electrons. The molecule has 6 heteroatoms. The van der Waals surface area contributed by atoms with Crippen LogP contribution in [-0.4, -0.2) is 29.0 Å². The zero-order valence-corrected chi connectivity index (χ0v) is 10.5. The lowest BCUT2D eigenvalue weighted by Crippen LogP contribution is -2.31. The van der Waals surface area contributed by atoms with E-state index in [2.05, 4.69) is 15.6 Å². The molecule has 2 heterocycles. The summed E-state index contributed by atoms with van der Waals surface area (Å²) in [5.74, 6) is 0.715. The van der Waals surface area contributed by atoms with Gasteiger partial charge < -0.3 is 10.6 Å². The molecule has 0 spiro atoms. The summed E-state index contributed by atoms with van der Waals surface area (Å²) in [5.41, 5.74) is 0.520. The highest BCUT2D eigenvalue weighted by molar-refractivity contribution is 5.45. The van der Waals surface area contributed by atoms with Crippen molar-refractivity contribution in [3.05, 3.63) is 27.9 Å². The van der Waals surface area contributed by atoms with Gasteiger partial charge in [-0.2, -0.15) is 0 Å². The number of hydrogen-bond donors (Lipinski definition) is 2. The lowest BCUT2D eigenvalue weighted by atomic mass is 10.1. The van der Waals surface area contributed by atoms with Gasteiger partial charge >= 0.3 is 0 Å². The summed E-state index contributed by atoms with van der Waals surface area (Å²) in [6.07, 6.45) is 3.49. The highest BCUT2D eigenvalue weighted by atomic mass is 16.6. The van der Waals surface area contributed by atoms with Crippen LogP contribution in [-0.2, 0) is 0 Å². The molecule has 0 radical (unpaired) electrons. The van der Waals surface area contributed by atoms with Gasteiger partial charge in [0, 0.05) is 18.7 Å². The zero-order valence-electron chi connectivity index (χ0n) is 10.5. The molecule has 1 aromatic rings. The molecule has 0 amide bonds. The van der Waals surface area contributed by atoms with Gasteiger partial charge in [0.25, 0.3) is 5.69 Å². The molecule has 1 aliphatic heterocycles. The van der Waals surface area contributed by atoms with Crippen molar-refractivity contribution in [3.63, 3.8) is 0 Å². The summed E-state index contributed by atoms with van der Waals surface area (Å²) in [5, 5.41) is 17.4. The van der Waals surface area contributed by atoms with Crippen LogP contribution in [0.3, 0.4) is 0 Å². The SMILES string of the molecule is Cc1nc(NC2CCCCNC2)ccc1[N+](=O)[O-]. The fourth-order valence-electron chi connectivity index (χ4n) is 2.18. The molecule has 18 heavy (non-hydrogen) atoms. The van der Waals surface area contributed by atoms with Crippen LogP contribution in [0.4, 0.5) is 11.5 Å². The van der Waals surface area contributed by atoms with E-state index < -0.39 is 4.92 Å². The van der Waals surface area contributed by atoms with Crippen LogP contribution in [0.2, 0.25) is 0 Å². The van der Waals surface area contributed by atoms with Gasteiger partial charge in [0.1, 0.15) is 11.5 Å². The maximum absolute atomic E-state index is 10.7. The van der Waals surface area contributed by atoms with E-state index in [1.54, 1.807) is 13.0 Å². The van der Waals surface area contributed by atoms with Crippen molar-refractivity contribution in [1.82, 2.24) is 10.3 Å². The molecule has 2 rings (SSSR count). The van der Waals surface area contributed by atoms with Crippen LogP contribution >= 0.6 is 0 Å². The Morgan fingerprint density at radius 3 is 3.06 bits per heavy atom. The van der Waals surface area contributed by atoms with Crippen molar-refractivity contribution < 1.29 is 4.92 Å². The largest absolute Gasteiger partial charge is 0.366 e. The molecule has 0 bridgehead atoms. The number of nitro groups is 1. The molecular weight excluding hydrogens is 232 g/mol. The number of hydrogen-bond acceptors (Lipinski definition) is 5. The predicted octanol–water partition coefficient (Wildman–Crippen LogP) is 1.85. The molecule has 2 N–H and O–H groups in total. The fourth-order valence-corrected chi connectivity index (χ4v) is 2.18. The van der Waals surface area contributed by atoms with E-state index in [0.29, 0.717) is 17.6 Å². The first-order valence-corrected chi connectivity index (χ1v) is 6.26. The van der Waals surface area contributed by atoms with Crippen molar-refractivity contribution >= 4 is 11.5 Å². The molecule has 1 unspecified atom stereocenters. The van der Waals surface area contributed by atoms with E-state index in [-0.39, 0.29) is 5.69 Å². The monoisotopic (exact) mass is 250 g/mol. The van der Waals surface area contributed by atoms with Gasteiger partial charge in [0.15, 0.2) is 0 Å². The van der Waals surface area contributed by atoms with E-state index in [1.807, 2.05) is 0 Å². The van der Waals surface area contributed by atoms with Crippen LogP contribution in [0.15, 0.2) is 12.1 Å². The van der Waals surface area contributed by atoms with E-state index in [1.165, 1.54) is 18.9 Å². The van der Waals surface area contributed by atoms with Gasteiger partial charge in [0.2, 0.25) is 0 Å². The Morgan fingerprint density at radius 1 is 1.50 bits per heavy atom. The topological polar surface area (TPSA) is 80.1 Å². The number of aromatic nitrogens is 1. The van der Waals surface area contributed by atoms with Crippen LogP contribution < -0.4 is 10.6 Å². The summed E-state index contributed by atoms with van der Waals surface area (Å²) >= 11 is 0. The second-order valence-corrected chi connectivity index (χ2v) is 4.60. The third-order valence-corrected chi connectivity index (χ3v) is 3.15. The minimum absolute atomic E-state index is 0.0690. The number of aryl methyl sites for hydroxylation is 1. The normalized spacial score (nSPS) is 20.2. The van der Waals surface area contributed by atoms with Crippen molar-refractivity contribution in [2.24, 2.45) is 0 Å². The summed E-state index contributed by atoms with van der Waals surface area (Å²) in [6, 6.07) is 3.53. The predicted molar refractivity (Wildman–Crippen MR) is 69.8 cm³/mol. The Balaban J connectivity index is 2.05. The Labute approximate surface area is 106 Å². The Hall–Kier alpha value is -1.69. The second-order valence-electron chi connectivity index (χ2n) is 4.60.